The minimum atomic E-state index is 0.633. The number of anilines is 2. The van der Waals surface area contributed by atoms with Gasteiger partial charge in [-0.3, -0.25) is 4.98 Å². The molecule has 2 unspecified atom stereocenters. The molecule has 1 aliphatic rings. The van der Waals surface area contributed by atoms with Crippen molar-refractivity contribution in [2.45, 2.75) is 26.3 Å². The first-order valence-electron chi connectivity index (χ1n) is 5.60. The van der Waals surface area contributed by atoms with Crippen LogP contribution in [-0.2, 0) is 0 Å². The highest BCUT2D eigenvalue weighted by Crippen LogP contribution is 2.29. The maximum atomic E-state index is 4.26. The lowest BCUT2D eigenvalue weighted by Gasteiger charge is -2.23. The number of hydrogen-bond acceptors (Lipinski definition) is 3. The van der Waals surface area contributed by atoms with E-state index in [1.165, 1.54) is 12.1 Å². The molecule has 1 aliphatic heterocycles. The molecule has 15 heavy (non-hydrogen) atoms. The predicted molar refractivity (Wildman–Crippen MR) is 64.4 cm³/mol. The van der Waals surface area contributed by atoms with Crippen LogP contribution in [0.4, 0.5) is 11.4 Å². The molecule has 2 rings (SSSR count). The zero-order chi connectivity index (χ0) is 10.8. The summed E-state index contributed by atoms with van der Waals surface area (Å²) < 4.78 is 0. The van der Waals surface area contributed by atoms with E-state index in [1.54, 1.807) is 0 Å². The van der Waals surface area contributed by atoms with Gasteiger partial charge in [0.15, 0.2) is 0 Å². The summed E-state index contributed by atoms with van der Waals surface area (Å²) in [5, 5.41) is 3.13. The first-order chi connectivity index (χ1) is 7.20. The van der Waals surface area contributed by atoms with Crippen LogP contribution in [0.3, 0.4) is 0 Å². The molecular weight excluding hydrogens is 186 g/mol. The monoisotopic (exact) mass is 205 g/mol. The van der Waals surface area contributed by atoms with Crippen LogP contribution < -0.4 is 10.2 Å². The van der Waals surface area contributed by atoms with E-state index in [-0.39, 0.29) is 0 Å². The minimum Gasteiger partial charge on any atom is -0.387 e. The van der Waals surface area contributed by atoms with E-state index < -0.39 is 0 Å². The van der Waals surface area contributed by atoms with Crippen LogP contribution in [0.2, 0.25) is 0 Å². The maximum absolute atomic E-state index is 4.26. The average molecular weight is 205 g/mol. The molecular formula is C12H19N3. The Hall–Kier alpha value is -1.25. The van der Waals surface area contributed by atoms with Crippen LogP contribution in [0.25, 0.3) is 0 Å². The van der Waals surface area contributed by atoms with Crippen LogP contribution in [0, 0.1) is 5.92 Å². The number of nitrogens with zero attached hydrogens (tertiary/aromatic N) is 2. The second-order valence-corrected chi connectivity index (χ2v) is 4.52. The third-order valence-electron chi connectivity index (χ3n) is 3.13. The number of aromatic nitrogens is 1. The Morgan fingerprint density at radius 1 is 1.40 bits per heavy atom. The highest BCUT2D eigenvalue weighted by molar-refractivity contribution is 5.56. The van der Waals surface area contributed by atoms with E-state index in [2.05, 4.69) is 35.1 Å². The van der Waals surface area contributed by atoms with Crippen LogP contribution in [-0.4, -0.2) is 24.6 Å². The number of hydrogen-bond donors (Lipinski definition) is 1. The van der Waals surface area contributed by atoms with Gasteiger partial charge in [0.1, 0.15) is 0 Å². The molecule has 1 aromatic heterocycles. The number of nitrogens with one attached hydrogen (secondary N) is 1. The van der Waals surface area contributed by atoms with Crippen molar-refractivity contribution in [1.82, 2.24) is 4.98 Å². The van der Waals surface area contributed by atoms with Gasteiger partial charge in [-0.25, -0.2) is 0 Å². The molecule has 0 radical (unpaired) electrons. The van der Waals surface area contributed by atoms with Crippen molar-refractivity contribution in [1.29, 1.82) is 0 Å². The van der Waals surface area contributed by atoms with Crippen LogP contribution in [0.5, 0.6) is 0 Å². The maximum Gasteiger partial charge on any atom is 0.0575 e. The smallest absolute Gasteiger partial charge is 0.0575 e. The lowest BCUT2D eigenvalue weighted by molar-refractivity contribution is 0.625. The Labute approximate surface area is 91.5 Å². The third kappa shape index (κ3) is 2.06. The summed E-state index contributed by atoms with van der Waals surface area (Å²) in [6.45, 7) is 5.75. The Balaban J connectivity index is 2.21. The molecule has 0 saturated carbocycles. The van der Waals surface area contributed by atoms with Gasteiger partial charge in [-0.05, 0) is 25.3 Å². The molecule has 2 heterocycles. The Morgan fingerprint density at radius 3 is 2.80 bits per heavy atom. The lowest BCUT2D eigenvalue weighted by Crippen LogP contribution is -2.26. The van der Waals surface area contributed by atoms with Gasteiger partial charge in [-0.2, -0.15) is 0 Å². The van der Waals surface area contributed by atoms with Crippen molar-refractivity contribution in [2.75, 3.05) is 23.8 Å². The Morgan fingerprint density at radius 2 is 2.20 bits per heavy atom. The highest BCUT2D eigenvalue weighted by atomic mass is 15.2. The van der Waals surface area contributed by atoms with E-state index in [0.29, 0.717) is 6.04 Å². The largest absolute Gasteiger partial charge is 0.387 e. The summed E-state index contributed by atoms with van der Waals surface area (Å²) in [5.41, 5.74) is 2.32. The van der Waals surface area contributed by atoms with Gasteiger partial charge < -0.3 is 10.2 Å². The number of pyridine rings is 1. The van der Waals surface area contributed by atoms with Crippen molar-refractivity contribution in [2.24, 2.45) is 5.92 Å². The van der Waals surface area contributed by atoms with Gasteiger partial charge in [0.05, 0.1) is 23.8 Å². The summed E-state index contributed by atoms with van der Waals surface area (Å²) in [5.74, 6) is 0.790. The van der Waals surface area contributed by atoms with E-state index in [0.717, 1.165) is 18.2 Å². The molecule has 2 atom stereocenters. The molecule has 0 aromatic carbocycles. The van der Waals surface area contributed by atoms with Crippen LogP contribution in [0.1, 0.15) is 20.3 Å². The standard InChI is InChI=1S/C12H19N3/c1-9-4-10(2)15(8-9)12-5-11(13-3)6-14-7-12/h5-7,9-10,13H,4,8H2,1-3H3. The third-order valence-corrected chi connectivity index (χ3v) is 3.13. The molecule has 1 fully saturated rings. The van der Waals surface area contributed by atoms with Crippen molar-refractivity contribution in [3.8, 4) is 0 Å². The van der Waals surface area contributed by atoms with E-state index >= 15 is 0 Å². The van der Waals surface area contributed by atoms with Gasteiger partial charge in [0.2, 0.25) is 0 Å². The van der Waals surface area contributed by atoms with Crippen LogP contribution >= 0.6 is 0 Å². The van der Waals surface area contributed by atoms with Crippen molar-refractivity contribution in [3.05, 3.63) is 18.5 Å². The molecule has 0 aliphatic carbocycles. The minimum absolute atomic E-state index is 0.633. The molecule has 3 heteroatoms. The Kier molecular flexibility index (Phi) is 2.80. The molecule has 1 saturated heterocycles. The number of rotatable bonds is 2. The quantitative estimate of drug-likeness (QED) is 0.803. The zero-order valence-electron chi connectivity index (χ0n) is 9.70. The summed E-state index contributed by atoms with van der Waals surface area (Å²) in [4.78, 5) is 6.70. The van der Waals surface area contributed by atoms with Gasteiger partial charge in [-0.15, -0.1) is 0 Å². The molecule has 0 bridgehead atoms. The summed E-state index contributed by atoms with van der Waals surface area (Å²) >= 11 is 0. The van der Waals surface area contributed by atoms with E-state index in [9.17, 15) is 0 Å². The second kappa shape index (κ2) is 4.09. The summed E-state index contributed by atoms with van der Waals surface area (Å²) in [7, 11) is 1.93. The fourth-order valence-electron chi connectivity index (χ4n) is 2.38. The van der Waals surface area contributed by atoms with Gasteiger partial charge in [0.25, 0.3) is 0 Å². The highest BCUT2D eigenvalue weighted by Gasteiger charge is 2.26. The SMILES string of the molecule is CNc1cncc(N2CC(C)CC2C)c1. The van der Waals surface area contributed by atoms with E-state index in [4.69, 9.17) is 0 Å². The summed E-state index contributed by atoms with van der Waals surface area (Å²) in [6, 6.07) is 2.80. The normalized spacial score (nSPS) is 25.7. The second-order valence-electron chi connectivity index (χ2n) is 4.52. The van der Waals surface area contributed by atoms with Crippen LogP contribution in [0.15, 0.2) is 18.5 Å². The summed E-state index contributed by atoms with van der Waals surface area (Å²) in [6.07, 6.45) is 5.09. The molecule has 0 spiro atoms. The fourth-order valence-corrected chi connectivity index (χ4v) is 2.38. The van der Waals surface area contributed by atoms with Crippen molar-refractivity contribution in [3.63, 3.8) is 0 Å². The van der Waals surface area contributed by atoms with Gasteiger partial charge in [-0.1, -0.05) is 6.92 Å². The topological polar surface area (TPSA) is 28.2 Å². The van der Waals surface area contributed by atoms with Crippen molar-refractivity contribution < 1.29 is 0 Å². The molecule has 1 N–H and O–H groups in total. The fraction of sp³-hybridized carbons (Fsp3) is 0.583. The zero-order valence-corrected chi connectivity index (χ0v) is 9.70. The molecule has 0 amide bonds. The van der Waals surface area contributed by atoms with Crippen molar-refractivity contribution >= 4 is 11.4 Å². The first kappa shape index (κ1) is 10.3. The predicted octanol–water partition coefficient (Wildman–Crippen LogP) is 2.36. The van der Waals surface area contributed by atoms with E-state index in [1.807, 2.05) is 19.4 Å². The molecule has 1 aromatic rings. The first-order valence-corrected chi connectivity index (χ1v) is 5.60. The van der Waals surface area contributed by atoms with Gasteiger partial charge in [0, 0.05) is 19.6 Å². The van der Waals surface area contributed by atoms with Gasteiger partial charge >= 0.3 is 0 Å². The molecule has 3 nitrogen and oxygen atoms in total. The molecule has 82 valence electrons. The lowest BCUT2D eigenvalue weighted by atomic mass is 10.1. The Bertz CT molecular complexity index is 337. The average Bonchev–Trinajstić information content (AvgIpc) is 2.58.